The molecule has 0 fully saturated rings. The molecular formula is C8H9ClN2O2. The second-order valence-corrected chi connectivity index (χ2v) is 2.67. The van der Waals surface area contributed by atoms with Gasteiger partial charge in [-0.3, -0.25) is 10.2 Å². The molecule has 0 radical (unpaired) electrons. The van der Waals surface area contributed by atoms with E-state index in [1.54, 1.807) is 18.2 Å². The fraction of sp³-hybridized carbons (Fsp3) is 0.125. The lowest BCUT2D eigenvalue weighted by atomic mass is 10.2. The smallest absolute Gasteiger partial charge is 0.266 e. The maximum Gasteiger partial charge on any atom is 0.266 e. The summed E-state index contributed by atoms with van der Waals surface area (Å²) in [6.07, 6.45) is 0. The van der Waals surface area contributed by atoms with Gasteiger partial charge in [-0.25, -0.2) is 5.84 Å². The Morgan fingerprint density at radius 2 is 2.31 bits per heavy atom. The molecular weight excluding hydrogens is 192 g/mol. The van der Waals surface area contributed by atoms with Crippen molar-refractivity contribution in [2.24, 2.45) is 5.84 Å². The molecule has 5 heteroatoms. The number of hydrogen-bond acceptors (Lipinski definition) is 3. The van der Waals surface area contributed by atoms with Crippen LogP contribution in [-0.2, 0) is 0 Å². The van der Waals surface area contributed by atoms with Gasteiger partial charge in [-0.2, -0.15) is 0 Å². The Kier molecular flexibility index (Phi) is 3.11. The summed E-state index contributed by atoms with van der Waals surface area (Å²) < 4.78 is 4.93. The van der Waals surface area contributed by atoms with Gasteiger partial charge in [-0.05, 0) is 12.1 Å². The number of methoxy groups -OCH3 is 1. The minimum atomic E-state index is -0.441. The van der Waals surface area contributed by atoms with Crippen molar-refractivity contribution in [1.82, 2.24) is 5.43 Å². The highest BCUT2D eigenvalue weighted by Crippen LogP contribution is 2.27. The maximum atomic E-state index is 11.1. The Bertz CT molecular complexity index is 328. The molecule has 0 heterocycles. The van der Waals surface area contributed by atoms with Crippen LogP contribution in [0.15, 0.2) is 18.2 Å². The zero-order valence-electron chi connectivity index (χ0n) is 7.00. The van der Waals surface area contributed by atoms with Gasteiger partial charge in [-0.1, -0.05) is 17.7 Å². The van der Waals surface area contributed by atoms with Gasteiger partial charge in [0, 0.05) is 0 Å². The number of halogens is 1. The van der Waals surface area contributed by atoms with E-state index in [-0.39, 0.29) is 5.02 Å². The molecule has 0 unspecified atom stereocenters. The molecule has 0 atom stereocenters. The summed E-state index contributed by atoms with van der Waals surface area (Å²) in [6.45, 7) is 0. The van der Waals surface area contributed by atoms with E-state index in [9.17, 15) is 4.79 Å². The summed E-state index contributed by atoms with van der Waals surface area (Å²) in [7, 11) is 1.48. The molecule has 13 heavy (non-hydrogen) atoms. The molecule has 0 aliphatic carbocycles. The Morgan fingerprint density at radius 1 is 1.62 bits per heavy atom. The van der Waals surface area contributed by atoms with Crippen LogP contribution in [0.5, 0.6) is 5.75 Å². The number of amides is 1. The first-order valence-corrected chi connectivity index (χ1v) is 3.92. The first-order valence-electron chi connectivity index (χ1n) is 3.54. The molecule has 1 aromatic carbocycles. The number of nitrogens with one attached hydrogen (secondary N) is 1. The van der Waals surface area contributed by atoms with E-state index in [1.807, 2.05) is 5.43 Å². The molecule has 1 aromatic rings. The monoisotopic (exact) mass is 200 g/mol. The summed E-state index contributed by atoms with van der Waals surface area (Å²) >= 11 is 5.84. The number of nitrogens with two attached hydrogens (primary N) is 1. The van der Waals surface area contributed by atoms with Crippen molar-refractivity contribution in [3.8, 4) is 5.75 Å². The topological polar surface area (TPSA) is 64.3 Å². The van der Waals surface area contributed by atoms with Gasteiger partial charge in [0.2, 0.25) is 0 Å². The molecule has 0 saturated heterocycles. The normalized spacial score (nSPS) is 9.46. The van der Waals surface area contributed by atoms with Crippen LogP contribution in [0.4, 0.5) is 0 Å². The van der Waals surface area contributed by atoms with Gasteiger partial charge in [0.05, 0.1) is 17.7 Å². The quantitative estimate of drug-likeness (QED) is 0.425. The van der Waals surface area contributed by atoms with Crippen molar-refractivity contribution in [2.45, 2.75) is 0 Å². The first kappa shape index (κ1) is 9.83. The van der Waals surface area contributed by atoms with Crippen LogP contribution in [0.1, 0.15) is 10.4 Å². The largest absolute Gasteiger partial charge is 0.495 e. The summed E-state index contributed by atoms with van der Waals surface area (Å²) in [5, 5.41) is 0.257. The van der Waals surface area contributed by atoms with Crippen LogP contribution in [0.2, 0.25) is 5.02 Å². The van der Waals surface area contributed by atoms with E-state index in [2.05, 4.69) is 0 Å². The van der Waals surface area contributed by atoms with E-state index in [1.165, 1.54) is 7.11 Å². The van der Waals surface area contributed by atoms with Gasteiger partial charge in [0.25, 0.3) is 5.91 Å². The number of carbonyl (C=O) groups is 1. The van der Waals surface area contributed by atoms with Crippen LogP contribution in [-0.4, -0.2) is 13.0 Å². The number of ether oxygens (including phenoxy) is 1. The highest BCUT2D eigenvalue weighted by Gasteiger charge is 2.11. The molecule has 0 aliphatic rings. The minimum absolute atomic E-state index is 0.257. The minimum Gasteiger partial charge on any atom is -0.495 e. The zero-order valence-corrected chi connectivity index (χ0v) is 7.76. The van der Waals surface area contributed by atoms with E-state index in [0.29, 0.717) is 11.3 Å². The molecule has 0 bridgehead atoms. The van der Waals surface area contributed by atoms with Crippen LogP contribution < -0.4 is 16.0 Å². The van der Waals surface area contributed by atoms with Crippen LogP contribution >= 0.6 is 11.6 Å². The number of nitrogen functional groups attached to an aromatic ring is 1. The molecule has 0 saturated carbocycles. The Balaban J connectivity index is 3.15. The third-order valence-corrected chi connectivity index (χ3v) is 1.95. The highest BCUT2D eigenvalue weighted by atomic mass is 35.5. The summed E-state index contributed by atoms with van der Waals surface area (Å²) in [4.78, 5) is 11.1. The van der Waals surface area contributed by atoms with Crippen molar-refractivity contribution in [1.29, 1.82) is 0 Å². The summed E-state index contributed by atoms with van der Waals surface area (Å²) in [6, 6.07) is 4.89. The Labute approximate surface area is 80.6 Å². The van der Waals surface area contributed by atoms with Crippen LogP contribution in [0.25, 0.3) is 0 Å². The van der Waals surface area contributed by atoms with Gasteiger partial charge in [0.15, 0.2) is 0 Å². The molecule has 0 spiro atoms. The van der Waals surface area contributed by atoms with Crippen molar-refractivity contribution in [3.05, 3.63) is 28.8 Å². The van der Waals surface area contributed by atoms with Crippen molar-refractivity contribution in [3.63, 3.8) is 0 Å². The van der Waals surface area contributed by atoms with Gasteiger partial charge >= 0.3 is 0 Å². The standard InChI is InChI=1S/C8H9ClN2O2/c1-13-6-4-2-3-5(7(6)9)8(12)11-10/h2-4H,10H2,1H3,(H,11,12). The van der Waals surface area contributed by atoms with Gasteiger partial charge in [-0.15, -0.1) is 0 Å². The van der Waals surface area contributed by atoms with Crippen molar-refractivity contribution in [2.75, 3.05) is 7.11 Å². The van der Waals surface area contributed by atoms with E-state index in [4.69, 9.17) is 22.2 Å². The molecule has 70 valence electrons. The molecule has 1 amide bonds. The highest BCUT2D eigenvalue weighted by molar-refractivity contribution is 6.35. The summed E-state index contributed by atoms with van der Waals surface area (Å²) in [5.41, 5.74) is 2.29. The molecule has 4 nitrogen and oxygen atoms in total. The Morgan fingerprint density at radius 3 is 2.85 bits per heavy atom. The summed E-state index contributed by atoms with van der Waals surface area (Å²) in [5.74, 6) is 4.97. The zero-order chi connectivity index (χ0) is 9.84. The number of benzene rings is 1. The maximum absolute atomic E-state index is 11.1. The lowest BCUT2D eigenvalue weighted by molar-refractivity contribution is 0.0953. The second kappa shape index (κ2) is 4.11. The lowest BCUT2D eigenvalue weighted by Crippen LogP contribution is -2.30. The number of carbonyl (C=O) groups excluding carboxylic acids is 1. The van der Waals surface area contributed by atoms with Gasteiger partial charge < -0.3 is 4.74 Å². The average Bonchev–Trinajstić information content (AvgIpc) is 2.17. The first-order chi connectivity index (χ1) is 6.20. The van der Waals surface area contributed by atoms with E-state index in [0.717, 1.165) is 0 Å². The van der Waals surface area contributed by atoms with Crippen molar-refractivity contribution < 1.29 is 9.53 Å². The SMILES string of the molecule is COc1cccc(C(=O)NN)c1Cl. The molecule has 0 aliphatic heterocycles. The number of rotatable bonds is 2. The third-order valence-electron chi connectivity index (χ3n) is 1.56. The van der Waals surface area contributed by atoms with Gasteiger partial charge in [0.1, 0.15) is 5.75 Å². The fourth-order valence-corrected chi connectivity index (χ4v) is 1.21. The average molecular weight is 201 g/mol. The molecule has 1 rings (SSSR count). The Hall–Kier alpha value is -1.26. The number of hydrogen-bond donors (Lipinski definition) is 2. The second-order valence-electron chi connectivity index (χ2n) is 2.30. The third kappa shape index (κ3) is 1.91. The van der Waals surface area contributed by atoms with Crippen molar-refractivity contribution >= 4 is 17.5 Å². The van der Waals surface area contributed by atoms with E-state index < -0.39 is 5.91 Å². The fourth-order valence-electron chi connectivity index (χ4n) is 0.922. The predicted molar refractivity (Wildman–Crippen MR) is 49.7 cm³/mol. The van der Waals surface area contributed by atoms with Crippen LogP contribution in [0, 0.1) is 0 Å². The van der Waals surface area contributed by atoms with Crippen LogP contribution in [0.3, 0.4) is 0 Å². The lowest BCUT2D eigenvalue weighted by Gasteiger charge is -2.06. The number of hydrazine groups is 1. The van der Waals surface area contributed by atoms with E-state index >= 15 is 0 Å². The molecule has 3 N–H and O–H groups in total. The predicted octanol–water partition coefficient (Wildman–Crippen LogP) is 0.952. The molecule has 0 aromatic heterocycles.